The van der Waals surface area contributed by atoms with Gasteiger partial charge in [0.15, 0.2) is 0 Å². The lowest BCUT2D eigenvalue weighted by atomic mass is 10.1. The van der Waals surface area contributed by atoms with E-state index in [0.717, 1.165) is 11.4 Å². The Morgan fingerprint density at radius 2 is 1.94 bits per heavy atom. The molecule has 1 nitrogen and oxygen atoms in total. The van der Waals surface area contributed by atoms with Crippen LogP contribution >= 0.6 is 34.3 Å². The number of hydrogen-bond donors (Lipinski definition) is 0. The van der Waals surface area contributed by atoms with Gasteiger partial charge in [0, 0.05) is 27.4 Å². The molecule has 0 radical (unpaired) electrons. The summed E-state index contributed by atoms with van der Waals surface area (Å²) < 4.78 is 0. The third-order valence-electron chi connectivity index (χ3n) is 2.66. The van der Waals surface area contributed by atoms with Crippen LogP contribution in [0.25, 0.3) is 9.75 Å². The molecule has 2 aromatic heterocycles. The number of benzene rings is 1. The number of rotatable bonds is 3. The van der Waals surface area contributed by atoms with Gasteiger partial charge in [0.1, 0.15) is 0 Å². The fourth-order valence-electron chi connectivity index (χ4n) is 1.77. The molecule has 0 spiro atoms. The zero-order valence-corrected chi connectivity index (χ0v) is 11.9. The van der Waals surface area contributed by atoms with Crippen molar-refractivity contribution in [1.29, 1.82) is 0 Å². The Hall–Kier alpha value is -1.16. The third-order valence-corrected chi connectivity index (χ3v) is 5.08. The summed E-state index contributed by atoms with van der Waals surface area (Å²) >= 11 is 9.66. The number of hydrogen-bond acceptors (Lipinski definition) is 3. The van der Waals surface area contributed by atoms with Crippen molar-refractivity contribution < 1.29 is 0 Å². The molecular weight excluding hydrogens is 282 g/mol. The van der Waals surface area contributed by atoms with Gasteiger partial charge in [0.05, 0.1) is 10.4 Å². The lowest BCUT2D eigenvalue weighted by molar-refractivity contribution is 1.24. The summed E-state index contributed by atoms with van der Waals surface area (Å²) in [5.74, 6) is 0. The van der Waals surface area contributed by atoms with Gasteiger partial charge in [-0.05, 0) is 23.8 Å². The summed E-state index contributed by atoms with van der Waals surface area (Å²) in [6, 6.07) is 12.3. The van der Waals surface area contributed by atoms with E-state index in [1.807, 2.05) is 29.9 Å². The first-order valence-electron chi connectivity index (χ1n) is 5.54. The Balaban J connectivity index is 1.85. The maximum Gasteiger partial charge on any atom is 0.0798 e. The van der Waals surface area contributed by atoms with Crippen molar-refractivity contribution >= 4 is 34.3 Å². The van der Waals surface area contributed by atoms with Gasteiger partial charge in [0.25, 0.3) is 0 Å². The molecule has 0 aliphatic carbocycles. The Bertz CT molecular complexity index is 643. The number of thiophene rings is 1. The van der Waals surface area contributed by atoms with Gasteiger partial charge < -0.3 is 0 Å². The standard InChI is InChI=1S/C14H10ClNS2/c15-12-4-2-1-3-10(12)7-11-5-6-13(18-11)14-8-16-9-17-14/h1-6,8-9H,7H2. The molecule has 0 N–H and O–H groups in total. The van der Waals surface area contributed by atoms with Crippen molar-refractivity contribution in [3.8, 4) is 9.75 Å². The van der Waals surface area contributed by atoms with E-state index in [0.29, 0.717) is 0 Å². The summed E-state index contributed by atoms with van der Waals surface area (Å²) in [6.45, 7) is 0. The van der Waals surface area contributed by atoms with Crippen LogP contribution in [0, 0.1) is 0 Å². The van der Waals surface area contributed by atoms with Crippen LogP contribution in [0.2, 0.25) is 5.02 Å². The van der Waals surface area contributed by atoms with Crippen molar-refractivity contribution in [2.45, 2.75) is 6.42 Å². The maximum absolute atomic E-state index is 6.18. The van der Waals surface area contributed by atoms with Crippen molar-refractivity contribution in [2.75, 3.05) is 0 Å². The molecule has 90 valence electrons. The number of halogens is 1. The van der Waals surface area contributed by atoms with Gasteiger partial charge in [0.2, 0.25) is 0 Å². The highest BCUT2D eigenvalue weighted by Crippen LogP contribution is 2.32. The number of nitrogens with zero attached hydrogens (tertiary/aromatic N) is 1. The lowest BCUT2D eigenvalue weighted by Gasteiger charge is -2.01. The van der Waals surface area contributed by atoms with Crippen LogP contribution < -0.4 is 0 Å². The maximum atomic E-state index is 6.18. The van der Waals surface area contributed by atoms with E-state index in [9.17, 15) is 0 Å². The average Bonchev–Trinajstić information content (AvgIpc) is 3.02. The molecule has 0 amide bonds. The summed E-state index contributed by atoms with van der Waals surface area (Å²) in [5.41, 5.74) is 3.04. The molecule has 0 saturated heterocycles. The predicted molar refractivity (Wildman–Crippen MR) is 79.7 cm³/mol. The van der Waals surface area contributed by atoms with Gasteiger partial charge in [-0.3, -0.25) is 4.98 Å². The van der Waals surface area contributed by atoms with E-state index in [1.165, 1.54) is 20.2 Å². The Labute approximate surface area is 119 Å². The molecule has 0 aliphatic heterocycles. The van der Waals surface area contributed by atoms with E-state index < -0.39 is 0 Å². The third kappa shape index (κ3) is 2.48. The smallest absolute Gasteiger partial charge is 0.0798 e. The average molecular weight is 292 g/mol. The molecule has 3 aromatic rings. The lowest BCUT2D eigenvalue weighted by Crippen LogP contribution is -1.84. The molecule has 0 unspecified atom stereocenters. The van der Waals surface area contributed by atoms with Crippen LogP contribution in [0.4, 0.5) is 0 Å². The van der Waals surface area contributed by atoms with Gasteiger partial charge in [-0.25, -0.2) is 0 Å². The van der Waals surface area contributed by atoms with Gasteiger partial charge in [-0.15, -0.1) is 22.7 Å². The van der Waals surface area contributed by atoms with Crippen LogP contribution in [0.5, 0.6) is 0 Å². The van der Waals surface area contributed by atoms with Crippen LogP contribution in [-0.4, -0.2) is 4.98 Å². The van der Waals surface area contributed by atoms with E-state index >= 15 is 0 Å². The summed E-state index contributed by atoms with van der Waals surface area (Å²) in [5, 5.41) is 0.838. The van der Waals surface area contributed by atoms with Crippen molar-refractivity contribution in [1.82, 2.24) is 4.98 Å². The first kappa shape index (κ1) is 11.9. The Morgan fingerprint density at radius 1 is 1.06 bits per heavy atom. The minimum atomic E-state index is 0.838. The molecule has 4 heteroatoms. The zero-order valence-electron chi connectivity index (χ0n) is 9.47. The molecule has 0 saturated carbocycles. The molecule has 1 aromatic carbocycles. The van der Waals surface area contributed by atoms with Crippen LogP contribution in [0.1, 0.15) is 10.4 Å². The highest BCUT2D eigenvalue weighted by atomic mass is 35.5. The molecule has 3 rings (SSSR count). The monoisotopic (exact) mass is 291 g/mol. The quantitative estimate of drug-likeness (QED) is 0.653. The van der Waals surface area contributed by atoms with Crippen LogP contribution in [0.3, 0.4) is 0 Å². The fourth-order valence-corrected chi connectivity index (χ4v) is 3.72. The van der Waals surface area contributed by atoms with Crippen molar-refractivity contribution in [3.63, 3.8) is 0 Å². The Morgan fingerprint density at radius 3 is 2.72 bits per heavy atom. The SMILES string of the molecule is Clc1ccccc1Cc1ccc(-c2cncs2)s1. The van der Waals surface area contributed by atoms with Crippen molar-refractivity contribution in [2.24, 2.45) is 0 Å². The van der Waals surface area contributed by atoms with Gasteiger partial charge in [-0.2, -0.15) is 0 Å². The van der Waals surface area contributed by atoms with E-state index in [-0.39, 0.29) is 0 Å². The van der Waals surface area contributed by atoms with Crippen LogP contribution in [-0.2, 0) is 6.42 Å². The summed E-state index contributed by atoms with van der Waals surface area (Å²) in [6.07, 6.45) is 2.80. The van der Waals surface area contributed by atoms with Crippen molar-refractivity contribution in [3.05, 3.63) is 63.6 Å². The number of thiazole rings is 1. The minimum Gasteiger partial charge on any atom is -0.252 e. The summed E-state index contributed by atoms with van der Waals surface area (Å²) in [7, 11) is 0. The number of aromatic nitrogens is 1. The minimum absolute atomic E-state index is 0.838. The molecule has 0 fully saturated rings. The second-order valence-electron chi connectivity index (χ2n) is 3.90. The zero-order chi connectivity index (χ0) is 12.4. The normalized spacial score (nSPS) is 10.7. The molecular formula is C14H10ClNS2. The second kappa shape index (κ2) is 5.22. The molecule has 2 heterocycles. The second-order valence-corrected chi connectivity index (χ2v) is 6.36. The fraction of sp³-hybridized carbons (Fsp3) is 0.0714. The largest absolute Gasteiger partial charge is 0.252 e. The van der Waals surface area contributed by atoms with Gasteiger partial charge >= 0.3 is 0 Å². The molecule has 0 bridgehead atoms. The molecule has 18 heavy (non-hydrogen) atoms. The van der Waals surface area contributed by atoms with E-state index in [4.69, 9.17) is 11.6 Å². The highest BCUT2D eigenvalue weighted by Gasteiger charge is 2.06. The van der Waals surface area contributed by atoms with Crippen LogP contribution in [0.15, 0.2) is 48.1 Å². The first-order valence-corrected chi connectivity index (χ1v) is 7.61. The molecule has 0 aliphatic rings. The van der Waals surface area contributed by atoms with E-state index in [1.54, 1.807) is 22.7 Å². The predicted octanol–water partition coefficient (Wildman–Crippen LogP) is 5.12. The first-order chi connectivity index (χ1) is 8.83. The van der Waals surface area contributed by atoms with E-state index in [2.05, 4.69) is 23.2 Å². The summed E-state index contributed by atoms with van der Waals surface area (Å²) in [4.78, 5) is 7.94. The van der Waals surface area contributed by atoms with Gasteiger partial charge in [-0.1, -0.05) is 29.8 Å². The molecule has 0 atom stereocenters. The Kier molecular flexibility index (Phi) is 3.46. The topological polar surface area (TPSA) is 12.9 Å². The highest BCUT2D eigenvalue weighted by molar-refractivity contribution is 7.21.